The summed E-state index contributed by atoms with van der Waals surface area (Å²) in [7, 11) is 0. The number of aryl methyl sites for hydroxylation is 1. The number of rotatable bonds is 4. The zero-order chi connectivity index (χ0) is 17.2. The SMILES string of the molecule is CCCc1ccc(Nc2ccc3c(=O)[nH]c4ncccc4c3c2)cc1. The summed E-state index contributed by atoms with van der Waals surface area (Å²) in [6.07, 6.45) is 3.93. The van der Waals surface area contributed by atoms with Crippen molar-refractivity contribution < 1.29 is 0 Å². The number of anilines is 2. The summed E-state index contributed by atoms with van der Waals surface area (Å²) in [5.74, 6) is 0. The lowest BCUT2D eigenvalue weighted by Crippen LogP contribution is -2.07. The quantitative estimate of drug-likeness (QED) is 0.530. The second-order valence-corrected chi connectivity index (χ2v) is 6.19. The third-order valence-electron chi connectivity index (χ3n) is 4.38. The maximum atomic E-state index is 12.2. The van der Waals surface area contributed by atoms with Crippen molar-refractivity contribution in [1.82, 2.24) is 9.97 Å². The van der Waals surface area contributed by atoms with Gasteiger partial charge in [0, 0.05) is 33.7 Å². The van der Waals surface area contributed by atoms with E-state index in [-0.39, 0.29) is 5.56 Å². The largest absolute Gasteiger partial charge is 0.356 e. The average molecular weight is 329 g/mol. The molecule has 4 aromatic rings. The van der Waals surface area contributed by atoms with Crippen LogP contribution in [0.3, 0.4) is 0 Å². The number of aromatic nitrogens is 2. The van der Waals surface area contributed by atoms with Gasteiger partial charge in [0.25, 0.3) is 5.56 Å². The third kappa shape index (κ3) is 2.98. The molecular formula is C21H19N3O. The fraction of sp³-hybridized carbons (Fsp3) is 0.143. The molecule has 0 aliphatic rings. The summed E-state index contributed by atoms with van der Waals surface area (Å²) in [5.41, 5.74) is 3.82. The Bertz CT molecular complexity index is 1100. The zero-order valence-corrected chi connectivity index (χ0v) is 14.0. The van der Waals surface area contributed by atoms with Crippen molar-refractivity contribution in [2.45, 2.75) is 19.8 Å². The summed E-state index contributed by atoms with van der Waals surface area (Å²) >= 11 is 0. The Morgan fingerprint density at radius 2 is 1.76 bits per heavy atom. The van der Waals surface area contributed by atoms with Crippen molar-refractivity contribution in [2.75, 3.05) is 5.32 Å². The number of benzene rings is 2. The molecule has 0 aliphatic heterocycles. The molecule has 0 spiro atoms. The number of H-pyrrole nitrogens is 1. The molecule has 0 saturated carbocycles. The molecular weight excluding hydrogens is 310 g/mol. The van der Waals surface area contributed by atoms with E-state index in [0.29, 0.717) is 11.0 Å². The van der Waals surface area contributed by atoms with Crippen LogP contribution in [0.25, 0.3) is 21.8 Å². The van der Waals surface area contributed by atoms with Crippen LogP contribution < -0.4 is 10.9 Å². The molecule has 0 bridgehead atoms. The van der Waals surface area contributed by atoms with Crippen LogP contribution in [0.1, 0.15) is 18.9 Å². The molecule has 0 fully saturated rings. The minimum absolute atomic E-state index is 0.114. The first-order chi connectivity index (χ1) is 12.2. The summed E-state index contributed by atoms with van der Waals surface area (Å²) < 4.78 is 0. The smallest absolute Gasteiger partial charge is 0.257 e. The van der Waals surface area contributed by atoms with E-state index < -0.39 is 0 Å². The van der Waals surface area contributed by atoms with E-state index in [4.69, 9.17) is 0 Å². The van der Waals surface area contributed by atoms with Crippen molar-refractivity contribution in [3.05, 3.63) is 76.7 Å². The Morgan fingerprint density at radius 3 is 2.56 bits per heavy atom. The molecule has 2 aromatic carbocycles. The first kappa shape index (κ1) is 15.4. The van der Waals surface area contributed by atoms with E-state index in [0.717, 1.165) is 35.0 Å². The molecule has 0 saturated heterocycles. The van der Waals surface area contributed by atoms with Gasteiger partial charge in [0.2, 0.25) is 0 Å². The average Bonchev–Trinajstić information content (AvgIpc) is 2.64. The Kier molecular flexibility index (Phi) is 3.94. The molecule has 2 heterocycles. The van der Waals surface area contributed by atoms with Crippen LogP contribution >= 0.6 is 0 Å². The van der Waals surface area contributed by atoms with E-state index in [1.54, 1.807) is 6.20 Å². The Hall–Kier alpha value is -3.14. The maximum Gasteiger partial charge on any atom is 0.257 e. The maximum absolute atomic E-state index is 12.2. The molecule has 0 amide bonds. The summed E-state index contributed by atoms with van der Waals surface area (Å²) in [6, 6.07) is 18.1. The Morgan fingerprint density at radius 1 is 0.960 bits per heavy atom. The highest BCUT2D eigenvalue weighted by Gasteiger charge is 2.07. The number of nitrogens with one attached hydrogen (secondary N) is 2. The van der Waals surface area contributed by atoms with Crippen LogP contribution in [0.2, 0.25) is 0 Å². The fourth-order valence-electron chi connectivity index (χ4n) is 3.15. The second-order valence-electron chi connectivity index (χ2n) is 6.19. The lowest BCUT2D eigenvalue weighted by Gasteiger charge is -2.09. The van der Waals surface area contributed by atoms with Crippen LogP contribution in [0, 0.1) is 0 Å². The van der Waals surface area contributed by atoms with Gasteiger partial charge in [-0.05, 0) is 54.4 Å². The number of hydrogen-bond acceptors (Lipinski definition) is 3. The van der Waals surface area contributed by atoms with E-state index >= 15 is 0 Å². The highest BCUT2D eigenvalue weighted by Crippen LogP contribution is 2.25. The van der Waals surface area contributed by atoms with Gasteiger partial charge in [-0.3, -0.25) is 4.79 Å². The van der Waals surface area contributed by atoms with Gasteiger partial charge in [0.1, 0.15) is 5.65 Å². The van der Waals surface area contributed by atoms with Crippen LogP contribution in [-0.4, -0.2) is 9.97 Å². The summed E-state index contributed by atoms with van der Waals surface area (Å²) in [5, 5.41) is 5.93. The van der Waals surface area contributed by atoms with Gasteiger partial charge >= 0.3 is 0 Å². The standard InChI is InChI=1S/C21H19N3O/c1-2-4-14-6-8-15(9-7-14)23-16-10-11-18-19(13-16)17-5-3-12-22-20(17)24-21(18)25/h3,5-13,23H,2,4H2,1H3,(H,22,24,25). The van der Waals surface area contributed by atoms with Crippen molar-refractivity contribution in [1.29, 1.82) is 0 Å². The molecule has 0 atom stereocenters. The Balaban J connectivity index is 1.75. The minimum Gasteiger partial charge on any atom is -0.356 e. The highest BCUT2D eigenvalue weighted by molar-refractivity contribution is 6.05. The van der Waals surface area contributed by atoms with Gasteiger partial charge in [0.05, 0.1) is 0 Å². The molecule has 2 aromatic heterocycles. The molecule has 124 valence electrons. The third-order valence-corrected chi connectivity index (χ3v) is 4.38. The Labute approximate surface area is 145 Å². The van der Waals surface area contributed by atoms with Crippen molar-refractivity contribution in [3.8, 4) is 0 Å². The molecule has 4 heteroatoms. The number of hydrogen-bond donors (Lipinski definition) is 2. The van der Waals surface area contributed by atoms with E-state index in [1.165, 1.54) is 5.56 Å². The molecule has 0 aliphatic carbocycles. The normalized spacial score (nSPS) is 11.1. The molecule has 4 nitrogen and oxygen atoms in total. The number of pyridine rings is 2. The van der Waals surface area contributed by atoms with E-state index in [1.807, 2.05) is 30.3 Å². The van der Waals surface area contributed by atoms with Crippen LogP contribution in [0.5, 0.6) is 0 Å². The first-order valence-corrected chi connectivity index (χ1v) is 8.51. The lowest BCUT2D eigenvalue weighted by atomic mass is 10.1. The van der Waals surface area contributed by atoms with Gasteiger partial charge in [-0.25, -0.2) is 4.98 Å². The van der Waals surface area contributed by atoms with Gasteiger partial charge in [0.15, 0.2) is 0 Å². The zero-order valence-electron chi connectivity index (χ0n) is 14.0. The molecule has 2 N–H and O–H groups in total. The second kappa shape index (κ2) is 6.40. The summed E-state index contributed by atoms with van der Waals surface area (Å²) in [4.78, 5) is 19.3. The van der Waals surface area contributed by atoms with Crippen molar-refractivity contribution >= 4 is 33.2 Å². The number of aromatic amines is 1. The number of nitrogens with zero attached hydrogens (tertiary/aromatic N) is 1. The summed E-state index contributed by atoms with van der Waals surface area (Å²) in [6.45, 7) is 2.18. The van der Waals surface area contributed by atoms with Gasteiger partial charge in [-0.1, -0.05) is 25.5 Å². The monoisotopic (exact) mass is 329 g/mol. The lowest BCUT2D eigenvalue weighted by molar-refractivity contribution is 0.922. The molecule has 0 unspecified atom stereocenters. The van der Waals surface area contributed by atoms with Crippen LogP contribution in [0.15, 0.2) is 65.6 Å². The van der Waals surface area contributed by atoms with E-state index in [2.05, 4.69) is 46.5 Å². The van der Waals surface area contributed by atoms with Crippen molar-refractivity contribution in [3.63, 3.8) is 0 Å². The minimum atomic E-state index is -0.114. The fourth-order valence-corrected chi connectivity index (χ4v) is 3.15. The van der Waals surface area contributed by atoms with E-state index in [9.17, 15) is 4.79 Å². The van der Waals surface area contributed by atoms with Gasteiger partial charge < -0.3 is 10.3 Å². The van der Waals surface area contributed by atoms with Gasteiger partial charge in [-0.2, -0.15) is 0 Å². The first-order valence-electron chi connectivity index (χ1n) is 8.51. The highest BCUT2D eigenvalue weighted by atomic mass is 16.1. The number of fused-ring (bicyclic) bond motifs is 3. The molecule has 0 radical (unpaired) electrons. The van der Waals surface area contributed by atoms with Crippen LogP contribution in [-0.2, 0) is 6.42 Å². The topological polar surface area (TPSA) is 57.8 Å². The predicted molar refractivity (Wildman–Crippen MR) is 104 cm³/mol. The predicted octanol–water partition coefficient (Wildman–Crippen LogP) is 4.77. The molecule has 25 heavy (non-hydrogen) atoms. The van der Waals surface area contributed by atoms with Crippen LogP contribution in [0.4, 0.5) is 11.4 Å². The molecule has 4 rings (SSSR count). The van der Waals surface area contributed by atoms with Gasteiger partial charge in [-0.15, -0.1) is 0 Å². The van der Waals surface area contributed by atoms with Crippen molar-refractivity contribution in [2.24, 2.45) is 0 Å².